The Kier molecular flexibility index (Phi) is 12.1. The zero-order chi connectivity index (χ0) is 37.4. The Balaban J connectivity index is 2.24. The Morgan fingerprint density at radius 3 is 2.20 bits per heavy atom. The molecule has 0 aromatic heterocycles. The third kappa shape index (κ3) is 8.17. The van der Waals surface area contributed by atoms with E-state index in [-0.39, 0.29) is 12.8 Å². The van der Waals surface area contributed by atoms with E-state index in [4.69, 9.17) is 34.2 Å². The molecular weight excluding hydrogens is 649 g/mol. The van der Waals surface area contributed by atoms with Crippen LogP contribution in [0.2, 0.25) is 0 Å². The summed E-state index contributed by atoms with van der Waals surface area (Å²) in [6.07, 6.45) is -7.77. The van der Waals surface area contributed by atoms with Crippen molar-refractivity contribution in [2.45, 2.75) is 141 Å². The standard InChI is InChI=1S/C33H52FN3O12/c1-12-21-33(9)24(36-30(43)49-33)17(4)22(39)15(2)14-31(7,48-29(35)42)26(18(5)25(40)32(8,34)28(41)46-21)47-27-23(45-19(6)38)20(37(10)11)13-16(3)44-27/h15-18,20-21,23-24,26-27H,12-14H2,1-11H3,(H2,35,42)(H,36,43)/t15-,16-,17+,18+,20+,21-,23-,24-,26-,27+,31-,32-,33-/m1/s1. The molecule has 3 saturated heterocycles. The minimum atomic E-state index is -3.29. The first-order valence-corrected chi connectivity index (χ1v) is 16.6. The number of alkyl carbamates (subject to hydrolysis) is 1. The zero-order valence-corrected chi connectivity index (χ0v) is 30.2. The number of carbonyl (C=O) groups is 6. The summed E-state index contributed by atoms with van der Waals surface area (Å²) in [5.74, 6) is -7.40. The molecule has 0 aliphatic carbocycles. The van der Waals surface area contributed by atoms with Crippen LogP contribution in [0.3, 0.4) is 0 Å². The molecule has 278 valence electrons. The van der Waals surface area contributed by atoms with E-state index in [9.17, 15) is 28.8 Å². The lowest BCUT2D eigenvalue weighted by atomic mass is 9.73. The highest BCUT2D eigenvalue weighted by molar-refractivity contribution is 6.08. The van der Waals surface area contributed by atoms with Crippen molar-refractivity contribution in [2.24, 2.45) is 23.5 Å². The average Bonchev–Trinajstić information content (AvgIpc) is 3.30. The zero-order valence-electron chi connectivity index (χ0n) is 30.2. The molecule has 3 aliphatic rings. The third-order valence-electron chi connectivity index (χ3n) is 10.1. The number of hydrogen-bond acceptors (Lipinski definition) is 13. The number of ketones is 2. The normalized spacial score (nSPS) is 42.3. The number of fused-ring (bicyclic) bond motifs is 1. The number of cyclic esters (lactones) is 1. The van der Waals surface area contributed by atoms with Crippen molar-refractivity contribution in [1.82, 2.24) is 10.2 Å². The number of carbonyl (C=O) groups excluding carboxylic acids is 6. The highest BCUT2D eigenvalue weighted by Crippen LogP contribution is 2.41. The minimum Gasteiger partial charge on any atom is -0.455 e. The van der Waals surface area contributed by atoms with Crippen LogP contribution in [-0.2, 0) is 47.6 Å². The van der Waals surface area contributed by atoms with Gasteiger partial charge in [0.2, 0.25) is 0 Å². The van der Waals surface area contributed by atoms with Gasteiger partial charge in [-0.05, 0) is 61.1 Å². The molecular formula is C33H52FN3O12. The molecule has 0 aromatic carbocycles. The number of Topliss-reactive ketones (excluding diaryl/α,β-unsaturated/α-hetero) is 2. The Morgan fingerprint density at radius 1 is 1.06 bits per heavy atom. The molecule has 3 fully saturated rings. The summed E-state index contributed by atoms with van der Waals surface area (Å²) >= 11 is 0. The van der Waals surface area contributed by atoms with Gasteiger partial charge in [0.15, 0.2) is 23.8 Å². The summed E-state index contributed by atoms with van der Waals surface area (Å²) in [5, 5.41) is 2.62. The van der Waals surface area contributed by atoms with Crippen LogP contribution in [-0.4, -0.2) is 114 Å². The number of ether oxygens (including phenoxy) is 6. The molecule has 3 rings (SSSR count). The van der Waals surface area contributed by atoms with Crippen LogP contribution in [0.25, 0.3) is 0 Å². The van der Waals surface area contributed by atoms with Crippen molar-refractivity contribution >= 4 is 35.7 Å². The fourth-order valence-corrected chi connectivity index (χ4v) is 7.62. The summed E-state index contributed by atoms with van der Waals surface area (Å²) in [5.41, 5.74) is -1.31. The Bertz CT molecular complexity index is 1310. The molecule has 3 heterocycles. The Hall–Kier alpha value is -3.37. The highest BCUT2D eigenvalue weighted by Gasteiger charge is 2.60. The SMILES string of the molecule is CC[C@H]1OC(=O)[C@](C)(F)C(=O)[C@H](C)[C@@H](O[C@@H]2O[C@H](C)C[C@H](N(C)C)[C@H]2OC(C)=O)[C@](C)(OC(N)=O)C[C@@H](C)C(=O)[C@H](C)[C@H]2NC(=O)O[C@@]21C. The van der Waals surface area contributed by atoms with Crippen molar-refractivity contribution in [1.29, 1.82) is 0 Å². The van der Waals surface area contributed by atoms with Crippen LogP contribution in [0.5, 0.6) is 0 Å². The number of hydrogen-bond donors (Lipinski definition) is 2. The van der Waals surface area contributed by atoms with Crippen molar-refractivity contribution in [3.05, 3.63) is 0 Å². The van der Waals surface area contributed by atoms with Gasteiger partial charge in [-0.2, -0.15) is 0 Å². The van der Waals surface area contributed by atoms with Gasteiger partial charge in [-0.25, -0.2) is 18.8 Å². The number of esters is 2. The monoisotopic (exact) mass is 701 g/mol. The maximum Gasteiger partial charge on any atom is 0.408 e. The van der Waals surface area contributed by atoms with Crippen LogP contribution in [0.4, 0.5) is 14.0 Å². The number of likely N-dealkylation sites (N-methyl/N-ethyl adjacent to an activating group) is 1. The number of alkyl halides is 1. The molecule has 0 radical (unpaired) electrons. The molecule has 15 nitrogen and oxygen atoms in total. The lowest BCUT2D eigenvalue weighted by Crippen LogP contribution is -2.62. The molecule has 0 unspecified atom stereocenters. The molecule has 2 amide bonds. The second-order valence-corrected chi connectivity index (χ2v) is 14.4. The fourth-order valence-electron chi connectivity index (χ4n) is 7.62. The van der Waals surface area contributed by atoms with Crippen LogP contribution in [0.15, 0.2) is 0 Å². The molecule has 0 aromatic rings. The lowest BCUT2D eigenvalue weighted by molar-refractivity contribution is -0.295. The predicted octanol–water partition coefficient (Wildman–Crippen LogP) is 2.59. The summed E-state index contributed by atoms with van der Waals surface area (Å²) in [6, 6.07) is -1.46. The molecule has 0 spiro atoms. The van der Waals surface area contributed by atoms with Gasteiger partial charge < -0.3 is 44.4 Å². The lowest BCUT2D eigenvalue weighted by Gasteiger charge is -2.47. The number of amides is 2. The van der Waals surface area contributed by atoms with Gasteiger partial charge in [0, 0.05) is 24.7 Å². The number of rotatable bonds is 6. The van der Waals surface area contributed by atoms with Crippen molar-refractivity contribution in [3.63, 3.8) is 0 Å². The van der Waals surface area contributed by atoms with Gasteiger partial charge in [-0.1, -0.05) is 27.7 Å². The van der Waals surface area contributed by atoms with Gasteiger partial charge in [0.25, 0.3) is 5.67 Å². The maximum absolute atomic E-state index is 16.6. The van der Waals surface area contributed by atoms with Gasteiger partial charge in [0.05, 0.1) is 18.2 Å². The summed E-state index contributed by atoms with van der Waals surface area (Å²) in [7, 11) is 3.54. The van der Waals surface area contributed by atoms with E-state index in [0.717, 1.165) is 6.92 Å². The average molecular weight is 702 g/mol. The van der Waals surface area contributed by atoms with Gasteiger partial charge in [-0.15, -0.1) is 0 Å². The predicted molar refractivity (Wildman–Crippen MR) is 170 cm³/mol. The molecule has 13 atom stereocenters. The van der Waals surface area contributed by atoms with E-state index in [1.165, 1.54) is 27.7 Å². The molecule has 49 heavy (non-hydrogen) atoms. The topological polar surface area (TPSA) is 199 Å². The number of primary amides is 1. The molecule has 0 bridgehead atoms. The van der Waals surface area contributed by atoms with E-state index < -0.39 is 113 Å². The second-order valence-electron chi connectivity index (χ2n) is 14.4. The number of nitrogens with two attached hydrogens (primary N) is 1. The van der Waals surface area contributed by atoms with E-state index in [1.807, 2.05) is 4.90 Å². The van der Waals surface area contributed by atoms with E-state index >= 15 is 4.39 Å². The van der Waals surface area contributed by atoms with Crippen LogP contribution in [0, 0.1) is 17.8 Å². The van der Waals surface area contributed by atoms with E-state index in [1.54, 1.807) is 41.8 Å². The summed E-state index contributed by atoms with van der Waals surface area (Å²) in [6.45, 7) is 12.6. The van der Waals surface area contributed by atoms with Crippen molar-refractivity contribution < 1.29 is 61.6 Å². The smallest absolute Gasteiger partial charge is 0.408 e. The minimum absolute atomic E-state index is 0.0437. The highest BCUT2D eigenvalue weighted by atomic mass is 19.1. The van der Waals surface area contributed by atoms with E-state index in [0.29, 0.717) is 6.42 Å². The Morgan fingerprint density at radius 2 is 1.67 bits per heavy atom. The van der Waals surface area contributed by atoms with Gasteiger partial charge >= 0.3 is 24.1 Å². The first-order chi connectivity index (χ1) is 22.5. The van der Waals surface area contributed by atoms with Crippen molar-refractivity contribution in [2.75, 3.05) is 14.1 Å². The summed E-state index contributed by atoms with van der Waals surface area (Å²) < 4.78 is 51.6. The number of nitrogens with zero attached hydrogens (tertiary/aromatic N) is 1. The summed E-state index contributed by atoms with van der Waals surface area (Å²) in [4.78, 5) is 80.8. The largest absolute Gasteiger partial charge is 0.455 e. The van der Waals surface area contributed by atoms with Gasteiger partial charge in [-0.3, -0.25) is 14.4 Å². The first-order valence-electron chi connectivity index (χ1n) is 16.6. The molecule has 3 N–H and O–H groups in total. The molecule has 0 saturated carbocycles. The molecule has 16 heteroatoms. The second kappa shape index (κ2) is 14.9. The number of nitrogens with one attached hydrogen (secondary N) is 1. The quantitative estimate of drug-likeness (QED) is 0.233. The van der Waals surface area contributed by atoms with Crippen LogP contribution >= 0.6 is 0 Å². The van der Waals surface area contributed by atoms with Crippen molar-refractivity contribution in [3.8, 4) is 0 Å². The fraction of sp³-hybridized carbons (Fsp3) is 0.818. The third-order valence-corrected chi connectivity index (χ3v) is 10.1. The van der Waals surface area contributed by atoms with Crippen LogP contribution in [0.1, 0.15) is 81.6 Å². The first kappa shape index (κ1) is 40.1. The molecule has 3 aliphatic heterocycles. The Labute approximate surface area is 286 Å². The number of halogens is 1. The van der Waals surface area contributed by atoms with Crippen LogP contribution < -0.4 is 11.1 Å². The van der Waals surface area contributed by atoms with Gasteiger partial charge in [0.1, 0.15) is 23.6 Å². The van der Waals surface area contributed by atoms with E-state index in [2.05, 4.69) is 5.32 Å². The maximum atomic E-state index is 16.6.